The van der Waals surface area contributed by atoms with Crippen LogP contribution in [-0.2, 0) is 9.59 Å². The molecule has 0 saturated carbocycles. The molecule has 2 fully saturated rings. The molecule has 0 aromatic carbocycles. The Bertz CT molecular complexity index is 254. The summed E-state index contributed by atoms with van der Waals surface area (Å²) in [6.07, 6.45) is 0.609. The van der Waals surface area contributed by atoms with E-state index in [1.54, 1.807) is 0 Å². The van der Waals surface area contributed by atoms with Crippen LogP contribution in [0.2, 0.25) is 0 Å². The molecule has 2 saturated heterocycles. The van der Waals surface area contributed by atoms with Gasteiger partial charge in [0.25, 0.3) is 0 Å². The standard InChI is InChI=1S/C9H15N3O2/c13-8-3-7(4-11-8)5-12-2-1-10-9(14)6-12/h7H,1-6H2,(H,10,14)(H,11,13)/t7-/m1/s1. The van der Waals surface area contributed by atoms with Crippen LogP contribution in [0.3, 0.4) is 0 Å². The molecular formula is C9H15N3O2. The van der Waals surface area contributed by atoms with Gasteiger partial charge >= 0.3 is 0 Å². The van der Waals surface area contributed by atoms with E-state index in [0.717, 1.165) is 26.2 Å². The van der Waals surface area contributed by atoms with Gasteiger partial charge in [0.05, 0.1) is 6.54 Å². The summed E-state index contributed by atoms with van der Waals surface area (Å²) < 4.78 is 0. The van der Waals surface area contributed by atoms with E-state index in [-0.39, 0.29) is 11.8 Å². The topological polar surface area (TPSA) is 61.4 Å². The first-order valence-electron chi connectivity index (χ1n) is 5.00. The molecule has 2 heterocycles. The molecule has 2 aliphatic heterocycles. The summed E-state index contributed by atoms with van der Waals surface area (Å²) in [6.45, 7) is 3.72. The number of rotatable bonds is 2. The number of carbonyl (C=O) groups is 2. The smallest absolute Gasteiger partial charge is 0.234 e. The normalized spacial score (nSPS) is 28.7. The lowest BCUT2D eigenvalue weighted by atomic mass is 10.1. The zero-order valence-corrected chi connectivity index (χ0v) is 8.08. The van der Waals surface area contributed by atoms with Crippen LogP contribution in [0.15, 0.2) is 0 Å². The summed E-state index contributed by atoms with van der Waals surface area (Å²) in [5, 5.41) is 5.59. The molecule has 0 aromatic heterocycles. The molecule has 0 aromatic rings. The van der Waals surface area contributed by atoms with E-state index >= 15 is 0 Å². The van der Waals surface area contributed by atoms with Gasteiger partial charge in [-0.3, -0.25) is 14.5 Å². The van der Waals surface area contributed by atoms with Gasteiger partial charge in [-0.2, -0.15) is 0 Å². The van der Waals surface area contributed by atoms with Crippen molar-refractivity contribution in [2.75, 3.05) is 32.7 Å². The lowest BCUT2D eigenvalue weighted by Crippen LogP contribution is -2.49. The van der Waals surface area contributed by atoms with Gasteiger partial charge < -0.3 is 10.6 Å². The van der Waals surface area contributed by atoms with Crippen LogP contribution in [0.1, 0.15) is 6.42 Å². The van der Waals surface area contributed by atoms with E-state index in [1.165, 1.54) is 0 Å². The highest BCUT2D eigenvalue weighted by Gasteiger charge is 2.25. The van der Waals surface area contributed by atoms with E-state index in [2.05, 4.69) is 15.5 Å². The third-order valence-electron chi connectivity index (χ3n) is 2.70. The van der Waals surface area contributed by atoms with Crippen LogP contribution >= 0.6 is 0 Å². The minimum Gasteiger partial charge on any atom is -0.356 e. The lowest BCUT2D eigenvalue weighted by molar-refractivity contribution is -0.124. The zero-order chi connectivity index (χ0) is 9.97. The number of hydrogen-bond donors (Lipinski definition) is 2. The molecule has 0 spiro atoms. The first kappa shape index (κ1) is 9.45. The second kappa shape index (κ2) is 3.96. The van der Waals surface area contributed by atoms with Crippen molar-refractivity contribution in [1.29, 1.82) is 0 Å². The summed E-state index contributed by atoms with van der Waals surface area (Å²) in [5.41, 5.74) is 0. The van der Waals surface area contributed by atoms with Crippen molar-refractivity contribution in [2.45, 2.75) is 6.42 Å². The van der Waals surface area contributed by atoms with Crippen molar-refractivity contribution in [3.05, 3.63) is 0 Å². The van der Waals surface area contributed by atoms with Crippen molar-refractivity contribution in [3.8, 4) is 0 Å². The van der Waals surface area contributed by atoms with Crippen LogP contribution in [0.25, 0.3) is 0 Å². The van der Waals surface area contributed by atoms with Gasteiger partial charge in [0.15, 0.2) is 0 Å². The monoisotopic (exact) mass is 197 g/mol. The quantitative estimate of drug-likeness (QED) is 0.569. The van der Waals surface area contributed by atoms with E-state index in [4.69, 9.17) is 0 Å². The van der Waals surface area contributed by atoms with Gasteiger partial charge in [0.1, 0.15) is 0 Å². The SMILES string of the molecule is O=C1C[C@@H](CN2CCNC(=O)C2)CN1. The number of carbonyl (C=O) groups excluding carboxylic acids is 2. The number of amides is 2. The molecule has 0 bridgehead atoms. The fraction of sp³-hybridized carbons (Fsp3) is 0.778. The molecule has 0 aliphatic carbocycles. The average molecular weight is 197 g/mol. The van der Waals surface area contributed by atoms with Crippen LogP contribution in [0.4, 0.5) is 0 Å². The third kappa shape index (κ3) is 2.23. The Morgan fingerprint density at radius 2 is 2.14 bits per heavy atom. The van der Waals surface area contributed by atoms with Gasteiger partial charge in [0, 0.05) is 32.6 Å². The molecule has 14 heavy (non-hydrogen) atoms. The first-order chi connectivity index (χ1) is 6.74. The van der Waals surface area contributed by atoms with Crippen molar-refractivity contribution in [3.63, 3.8) is 0 Å². The Balaban J connectivity index is 1.79. The van der Waals surface area contributed by atoms with Crippen LogP contribution in [-0.4, -0.2) is 49.4 Å². The summed E-state index contributed by atoms with van der Waals surface area (Å²) in [6, 6.07) is 0. The molecule has 2 aliphatic rings. The highest BCUT2D eigenvalue weighted by molar-refractivity contribution is 5.79. The Kier molecular flexibility index (Phi) is 2.67. The van der Waals surface area contributed by atoms with Gasteiger partial charge in [-0.05, 0) is 5.92 Å². The summed E-state index contributed by atoms with van der Waals surface area (Å²) in [5.74, 6) is 0.610. The molecule has 2 N–H and O–H groups in total. The minimum absolute atomic E-state index is 0.0912. The predicted octanol–water partition coefficient (Wildman–Crippen LogP) is -1.45. The van der Waals surface area contributed by atoms with Crippen molar-refractivity contribution < 1.29 is 9.59 Å². The molecule has 2 rings (SSSR count). The highest BCUT2D eigenvalue weighted by atomic mass is 16.2. The highest BCUT2D eigenvalue weighted by Crippen LogP contribution is 2.11. The van der Waals surface area contributed by atoms with Gasteiger partial charge in [0.2, 0.25) is 11.8 Å². The fourth-order valence-corrected chi connectivity index (χ4v) is 2.01. The second-order valence-electron chi connectivity index (χ2n) is 3.96. The van der Waals surface area contributed by atoms with Gasteiger partial charge in [-0.1, -0.05) is 0 Å². The summed E-state index contributed by atoms with van der Waals surface area (Å²) in [4.78, 5) is 24.1. The molecule has 0 unspecified atom stereocenters. The Morgan fingerprint density at radius 3 is 2.79 bits per heavy atom. The Hall–Kier alpha value is -1.10. The molecule has 1 atom stereocenters. The van der Waals surface area contributed by atoms with Crippen LogP contribution in [0.5, 0.6) is 0 Å². The molecule has 0 radical (unpaired) electrons. The third-order valence-corrected chi connectivity index (χ3v) is 2.70. The number of piperazine rings is 1. The maximum Gasteiger partial charge on any atom is 0.234 e. The predicted molar refractivity (Wildman–Crippen MR) is 50.6 cm³/mol. The van der Waals surface area contributed by atoms with E-state index in [1.807, 2.05) is 0 Å². The second-order valence-corrected chi connectivity index (χ2v) is 3.96. The number of nitrogens with zero attached hydrogens (tertiary/aromatic N) is 1. The first-order valence-corrected chi connectivity index (χ1v) is 5.00. The summed E-state index contributed by atoms with van der Waals surface area (Å²) in [7, 11) is 0. The average Bonchev–Trinajstić information content (AvgIpc) is 2.51. The lowest BCUT2D eigenvalue weighted by Gasteiger charge is -2.28. The van der Waals surface area contributed by atoms with E-state index in [9.17, 15) is 9.59 Å². The van der Waals surface area contributed by atoms with Crippen LogP contribution in [0, 0.1) is 5.92 Å². The van der Waals surface area contributed by atoms with Gasteiger partial charge in [-0.15, -0.1) is 0 Å². The van der Waals surface area contributed by atoms with Crippen LogP contribution < -0.4 is 10.6 Å². The zero-order valence-electron chi connectivity index (χ0n) is 8.08. The van der Waals surface area contributed by atoms with Gasteiger partial charge in [-0.25, -0.2) is 0 Å². The molecule has 5 heteroatoms. The van der Waals surface area contributed by atoms with Crippen molar-refractivity contribution in [2.24, 2.45) is 5.92 Å². The van der Waals surface area contributed by atoms with E-state index < -0.39 is 0 Å². The summed E-state index contributed by atoms with van der Waals surface area (Å²) >= 11 is 0. The van der Waals surface area contributed by atoms with E-state index in [0.29, 0.717) is 18.9 Å². The van der Waals surface area contributed by atoms with Crippen molar-refractivity contribution >= 4 is 11.8 Å². The molecular weight excluding hydrogens is 182 g/mol. The fourth-order valence-electron chi connectivity index (χ4n) is 2.01. The maximum atomic E-state index is 11.1. The number of nitrogens with one attached hydrogen (secondary N) is 2. The minimum atomic E-state index is 0.0912. The Labute approximate surface area is 82.8 Å². The largest absolute Gasteiger partial charge is 0.356 e. The molecule has 78 valence electrons. The maximum absolute atomic E-state index is 11.1. The number of hydrogen-bond acceptors (Lipinski definition) is 3. The molecule has 5 nitrogen and oxygen atoms in total. The Morgan fingerprint density at radius 1 is 1.29 bits per heavy atom. The van der Waals surface area contributed by atoms with Crippen molar-refractivity contribution in [1.82, 2.24) is 15.5 Å². The molecule has 2 amide bonds.